The van der Waals surface area contributed by atoms with Crippen LogP contribution in [0.2, 0.25) is 0 Å². The molecule has 3 aromatic heterocycles. The lowest BCUT2D eigenvalue weighted by Gasteiger charge is -2.13. The Morgan fingerprint density at radius 1 is 1.12 bits per heavy atom. The van der Waals surface area contributed by atoms with Crippen molar-refractivity contribution in [3.05, 3.63) is 69.9 Å². The number of amides is 1. The number of aryl methyl sites for hydroxylation is 4. The first kappa shape index (κ1) is 22.1. The third kappa shape index (κ3) is 4.17. The van der Waals surface area contributed by atoms with Gasteiger partial charge >= 0.3 is 0 Å². The molecule has 3 N–H and O–H groups in total. The van der Waals surface area contributed by atoms with Gasteiger partial charge in [-0.3, -0.25) is 9.59 Å². The average molecular weight is 446 g/mol. The van der Waals surface area contributed by atoms with E-state index in [1.54, 1.807) is 17.8 Å². The molecule has 170 valence electrons. The van der Waals surface area contributed by atoms with Gasteiger partial charge in [0.05, 0.1) is 16.6 Å². The van der Waals surface area contributed by atoms with Crippen molar-refractivity contribution in [2.24, 2.45) is 7.05 Å². The van der Waals surface area contributed by atoms with E-state index in [-0.39, 0.29) is 17.0 Å². The zero-order valence-corrected chi connectivity index (χ0v) is 19.4. The minimum Gasteiger partial charge on any atom is -0.355 e. The first-order chi connectivity index (χ1) is 15.8. The van der Waals surface area contributed by atoms with Crippen LogP contribution >= 0.6 is 0 Å². The molecule has 0 unspecified atom stereocenters. The second-order valence-electron chi connectivity index (χ2n) is 7.92. The molecule has 0 spiro atoms. The van der Waals surface area contributed by atoms with Crippen LogP contribution in [0.15, 0.2) is 47.7 Å². The van der Waals surface area contributed by atoms with Gasteiger partial charge in [-0.1, -0.05) is 17.7 Å². The fourth-order valence-electron chi connectivity index (χ4n) is 3.82. The molecule has 0 bridgehead atoms. The fourth-order valence-corrected chi connectivity index (χ4v) is 3.82. The largest absolute Gasteiger partial charge is 0.355 e. The number of carbonyl (C=O) groups excluding carboxylic acids is 1. The molecule has 0 aliphatic carbocycles. The van der Waals surface area contributed by atoms with Gasteiger partial charge in [0.1, 0.15) is 11.4 Å². The van der Waals surface area contributed by atoms with Crippen LogP contribution in [0.3, 0.4) is 0 Å². The Kier molecular flexibility index (Phi) is 5.87. The molecule has 4 aromatic rings. The van der Waals surface area contributed by atoms with E-state index in [0.29, 0.717) is 29.4 Å². The second kappa shape index (κ2) is 8.78. The summed E-state index contributed by atoms with van der Waals surface area (Å²) in [6.07, 6.45) is 5.07. The van der Waals surface area contributed by atoms with Crippen LogP contribution in [0.5, 0.6) is 0 Å². The summed E-state index contributed by atoms with van der Waals surface area (Å²) in [4.78, 5) is 34.4. The van der Waals surface area contributed by atoms with Crippen molar-refractivity contribution in [2.45, 2.75) is 27.3 Å². The number of nitrogens with zero attached hydrogens (tertiary/aromatic N) is 4. The predicted molar refractivity (Wildman–Crippen MR) is 131 cm³/mol. The van der Waals surface area contributed by atoms with Crippen LogP contribution in [0.1, 0.15) is 28.4 Å². The molecular weight excluding hydrogens is 418 g/mol. The summed E-state index contributed by atoms with van der Waals surface area (Å²) < 4.78 is 3.51. The summed E-state index contributed by atoms with van der Waals surface area (Å²) in [5.41, 5.74) is 4.60. The maximum absolute atomic E-state index is 13.0. The molecule has 1 amide bonds. The number of fused-ring (bicyclic) bond motifs is 1. The number of rotatable bonds is 6. The number of anilines is 4. The van der Waals surface area contributed by atoms with E-state index in [1.807, 2.05) is 56.8 Å². The highest BCUT2D eigenvalue weighted by Gasteiger charge is 2.18. The minimum atomic E-state index is -0.332. The molecule has 33 heavy (non-hydrogen) atoms. The molecule has 1 aromatic carbocycles. The molecule has 9 heteroatoms. The van der Waals surface area contributed by atoms with Gasteiger partial charge < -0.3 is 25.1 Å². The van der Waals surface area contributed by atoms with Crippen molar-refractivity contribution in [1.29, 1.82) is 0 Å². The molecule has 3 heterocycles. The number of carbonyl (C=O) groups is 1. The second-order valence-corrected chi connectivity index (χ2v) is 7.92. The summed E-state index contributed by atoms with van der Waals surface area (Å²) in [5, 5.41) is 9.57. The van der Waals surface area contributed by atoms with E-state index in [9.17, 15) is 9.59 Å². The lowest BCUT2D eigenvalue weighted by atomic mass is 10.1. The molecule has 0 radical (unpaired) electrons. The maximum Gasteiger partial charge on any atom is 0.262 e. The monoisotopic (exact) mass is 445 g/mol. The average Bonchev–Trinajstić information content (AvgIpc) is 3.11. The van der Waals surface area contributed by atoms with Crippen LogP contribution in [0, 0.1) is 13.8 Å². The minimum absolute atomic E-state index is 0.109. The summed E-state index contributed by atoms with van der Waals surface area (Å²) in [6.45, 7) is 6.51. The van der Waals surface area contributed by atoms with E-state index in [2.05, 4.69) is 32.0 Å². The van der Waals surface area contributed by atoms with Crippen molar-refractivity contribution >= 4 is 40.0 Å². The third-order valence-electron chi connectivity index (χ3n) is 5.60. The van der Waals surface area contributed by atoms with Gasteiger partial charge in [0.15, 0.2) is 0 Å². The van der Waals surface area contributed by atoms with E-state index in [4.69, 9.17) is 0 Å². The van der Waals surface area contributed by atoms with Gasteiger partial charge in [-0.2, -0.15) is 4.98 Å². The highest BCUT2D eigenvalue weighted by atomic mass is 16.1. The van der Waals surface area contributed by atoms with Crippen molar-refractivity contribution in [3.8, 4) is 0 Å². The first-order valence-electron chi connectivity index (χ1n) is 10.7. The highest BCUT2D eigenvalue weighted by molar-refractivity contribution is 6.01. The summed E-state index contributed by atoms with van der Waals surface area (Å²) >= 11 is 0. The SMILES string of the molecule is CCn1ccc2c(c(Nc3nc(Nc4ccc(C)cc4C)ncc3C(=O)NC)cn2C)c1=O. The fraction of sp³-hybridized carbons (Fsp3) is 0.250. The first-order valence-corrected chi connectivity index (χ1v) is 10.7. The van der Waals surface area contributed by atoms with Gasteiger partial charge in [-0.15, -0.1) is 0 Å². The van der Waals surface area contributed by atoms with Gasteiger partial charge in [-0.25, -0.2) is 4.98 Å². The van der Waals surface area contributed by atoms with Crippen LogP contribution in [0.4, 0.5) is 23.1 Å². The maximum atomic E-state index is 13.0. The Balaban J connectivity index is 1.80. The lowest BCUT2D eigenvalue weighted by Crippen LogP contribution is -2.21. The molecule has 0 saturated heterocycles. The van der Waals surface area contributed by atoms with Crippen molar-refractivity contribution < 1.29 is 4.79 Å². The lowest BCUT2D eigenvalue weighted by molar-refractivity contribution is 0.0963. The summed E-state index contributed by atoms with van der Waals surface area (Å²) in [5.74, 6) is 0.306. The van der Waals surface area contributed by atoms with Crippen molar-refractivity contribution in [3.63, 3.8) is 0 Å². The number of benzene rings is 1. The third-order valence-corrected chi connectivity index (χ3v) is 5.60. The van der Waals surface area contributed by atoms with Gasteiger partial charge in [-0.05, 0) is 38.5 Å². The Bertz CT molecular complexity index is 1420. The van der Waals surface area contributed by atoms with E-state index in [0.717, 1.165) is 22.3 Å². The van der Waals surface area contributed by atoms with Crippen LogP contribution in [0.25, 0.3) is 10.9 Å². The van der Waals surface area contributed by atoms with E-state index in [1.165, 1.54) is 6.20 Å². The van der Waals surface area contributed by atoms with E-state index < -0.39 is 0 Å². The molecular formula is C24H27N7O2. The molecule has 0 atom stereocenters. The number of aromatic nitrogens is 4. The number of pyridine rings is 1. The molecule has 9 nitrogen and oxygen atoms in total. The zero-order chi connectivity index (χ0) is 23.7. The molecule has 0 fully saturated rings. The number of hydrogen-bond acceptors (Lipinski definition) is 6. The standard InChI is InChI=1S/C24H27N7O2/c1-6-31-10-9-19-20(23(31)33)18(13-30(19)5)27-21-16(22(32)25-4)12-26-24(29-21)28-17-8-7-14(2)11-15(17)3/h7-13H,6H2,1-5H3,(H,25,32)(H2,26,27,28,29). The number of nitrogens with one attached hydrogen (secondary N) is 3. The quantitative estimate of drug-likeness (QED) is 0.419. The van der Waals surface area contributed by atoms with Crippen molar-refractivity contribution in [2.75, 3.05) is 17.7 Å². The van der Waals surface area contributed by atoms with E-state index >= 15 is 0 Å². The molecule has 0 aliphatic heterocycles. The Morgan fingerprint density at radius 3 is 2.61 bits per heavy atom. The Labute approximate surface area is 191 Å². The number of hydrogen-bond donors (Lipinski definition) is 3. The Hall–Kier alpha value is -4.14. The summed E-state index contributed by atoms with van der Waals surface area (Å²) in [6, 6.07) is 7.93. The highest BCUT2D eigenvalue weighted by Crippen LogP contribution is 2.28. The normalized spacial score (nSPS) is 10.9. The zero-order valence-electron chi connectivity index (χ0n) is 19.4. The van der Waals surface area contributed by atoms with Gasteiger partial charge in [0, 0.05) is 44.9 Å². The molecule has 0 saturated carbocycles. The topological polar surface area (TPSA) is 106 Å². The van der Waals surface area contributed by atoms with Gasteiger partial charge in [0.25, 0.3) is 11.5 Å². The van der Waals surface area contributed by atoms with Crippen molar-refractivity contribution in [1.82, 2.24) is 24.4 Å². The van der Waals surface area contributed by atoms with Crippen LogP contribution in [-0.2, 0) is 13.6 Å². The molecule has 0 aliphatic rings. The summed E-state index contributed by atoms with van der Waals surface area (Å²) in [7, 11) is 3.42. The molecule has 4 rings (SSSR count). The predicted octanol–water partition coefficient (Wildman–Crippen LogP) is 3.61. The van der Waals surface area contributed by atoms with Crippen LogP contribution in [-0.4, -0.2) is 32.1 Å². The van der Waals surface area contributed by atoms with Gasteiger partial charge in [0.2, 0.25) is 5.95 Å². The Morgan fingerprint density at radius 2 is 1.91 bits per heavy atom. The smallest absolute Gasteiger partial charge is 0.262 e. The van der Waals surface area contributed by atoms with Crippen LogP contribution < -0.4 is 21.5 Å².